The molecule has 144 valence electrons. The maximum absolute atomic E-state index is 12.2. The maximum Gasteiger partial charge on any atom is 0.317 e. The van der Waals surface area contributed by atoms with Crippen LogP contribution in [0.1, 0.15) is 19.4 Å². The predicted octanol–water partition coefficient (Wildman–Crippen LogP) is 5.06. The summed E-state index contributed by atoms with van der Waals surface area (Å²) in [6.45, 7) is 3.65. The van der Waals surface area contributed by atoms with Crippen LogP contribution in [0.25, 0.3) is 10.8 Å². The molecule has 28 heavy (non-hydrogen) atoms. The highest BCUT2D eigenvalue weighted by Crippen LogP contribution is 2.23. The number of anilines is 1. The fraction of sp³-hybridized carbons (Fsp3) is 0.217. The van der Waals surface area contributed by atoms with E-state index in [-0.39, 0.29) is 11.7 Å². The van der Waals surface area contributed by atoms with Gasteiger partial charge in [0.1, 0.15) is 0 Å². The van der Waals surface area contributed by atoms with Gasteiger partial charge in [-0.2, -0.15) is 0 Å². The summed E-state index contributed by atoms with van der Waals surface area (Å²) in [6, 6.07) is 21.8. The summed E-state index contributed by atoms with van der Waals surface area (Å²) in [7, 11) is 0. The van der Waals surface area contributed by atoms with Gasteiger partial charge in [-0.3, -0.25) is 9.59 Å². The van der Waals surface area contributed by atoms with Gasteiger partial charge < -0.3 is 10.1 Å². The Morgan fingerprint density at radius 1 is 1.00 bits per heavy atom. The lowest BCUT2D eigenvalue weighted by atomic mass is 10.1. The normalized spacial score (nSPS) is 11.8. The molecule has 4 nitrogen and oxygen atoms in total. The van der Waals surface area contributed by atoms with E-state index in [1.807, 2.05) is 66.7 Å². The number of carbonyl (C=O) groups is 2. The highest BCUT2D eigenvalue weighted by Gasteiger charge is 2.18. The number of aryl methyl sites for hydroxylation is 1. The average Bonchev–Trinajstić information content (AvgIpc) is 2.72. The van der Waals surface area contributed by atoms with E-state index in [0.29, 0.717) is 5.69 Å². The van der Waals surface area contributed by atoms with Crippen molar-refractivity contribution < 1.29 is 14.3 Å². The number of amides is 1. The lowest BCUT2D eigenvalue weighted by molar-refractivity contribution is -0.150. The van der Waals surface area contributed by atoms with E-state index in [4.69, 9.17) is 4.74 Å². The molecule has 1 N–H and O–H groups in total. The number of thioether (sulfide) groups is 1. The molecule has 1 atom stereocenters. The van der Waals surface area contributed by atoms with E-state index >= 15 is 0 Å². The van der Waals surface area contributed by atoms with Crippen molar-refractivity contribution in [3.8, 4) is 0 Å². The third-order valence-electron chi connectivity index (χ3n) is 4.38. The van der Waals surface area contributed by atoms with Crippen molar-refractivity contribution in [2.24, 2.45) is 0 Å². The molecule has 0 aromatic heterocycles. The Morgan fingerprint density at radius 2 is 1.71 bits per heavy atom. The summed E-state index contributed by atoms with van der Waals surface area (Å²) in [5.74, 6) is -0.600. The zero-order chi connectivity index (χ0) is 19.9. The standard InChI is InChI=1S/C23H23NO3S/c1-3-17-8-11-20(12-9-17)24-23(26)16(2)27-22(25)15-28-21-13-10-18-6-4-5-7-19(18)14-21/h4-14,16H,3,15H2,1-2H3,(H,24,26)/t16-/m0/s1. The van der Waals surface area contributed by atoms with Gasteiger partial charge in [0.2, 0.25) is 0 Å². The number of hydrogen-bond acceptors (Lipinski definition) is 4. The van der Waals surface area contributed by atoms with E-state index in [2.05, 4.69) is 12.2 Å². The molecular formula is C23H23NO3S. The quantitative estimate of drug-likeness (QED) is 0.450. The molecule has 0 heterocycles. The molecule has 0 bridgehead atoms. The Hall–Kier alpha value is -2.79. The Morgan fingerprint density at radius 3 is 2.43 bits per heavy atom. The first-order chi connectivity index (χ1) is 13.5. The fourth-order valence-corrected chi connectivity index (χ4v) is 3.48. The van der Waals surface area contributed by atoms with Crippen LogP contribution in [0.5, 0.6) is 0 Å². The van der Waals surface area contributed by atoms with Crippen molar-refractivity contribution in [3.05, 3.63) is 72.3 Å². The Labute approximate surface area is 169 Å². The van der Waals surface area contributed by atoms with Gasteiger partial charge in [-0.05, 0) is 53.9 Å². The average molecular weight is 394 g/mol. The van der Waals surface area contributed by atoms with Gasteiger partial charge in [0, 0.05) is 10.6 Å². The van der Waals surface area contributed by atoms with Crippen molar-refractivity contribution in [2.45, 2.75) is 31.3 Å². The van der Waals surface area contributed by atoms with Crippen LogP contribution < -0.4 is 5.32 Å². The second-order valence-corrected chi connectivity index (χ2v) is 7.52. The zero-order valence-corrected chi connectivity index (χ0v) is 16.8. The third kappa shape index (κ3) is 5.36. The molecule has 0 radical (unpaired) electrons. The van der Waals surface area contributed by atoms with E-state index in [9.17, 15) is 9.59 Å². The van der Waals surface area contributed by atoms with Crippen LogP contribution in [0.4, 0.5) is 5.69 Å². The summed E-state index contributed by atoms with van der Waals surface area (Å²) in [5, 5.41) is 5.06. The van der Waals surface area contributed by atoms with Crippen molar-refractivity contribution >= 4 is 40.1 Å². The highest BCUT2D eigenvalue weighted by atomic mass is 32.2. The number of carbonyl (C=O) groups excluding carboxylic acids is 2. The van der Waals surface area contributed by atoms with Gasteiger partial charge in [-0.25, -0.2) is 0 Å². The highest BCUT2D eigenvalue weighted by molar-refractivity contribution is 8.00. The second kappa shape index (κ2) is 9.42. The largest absolute Gasteiger partial charge is 0.452 e. The van der Waals surface area contributed by atoms with Crippen LogP contribution in [0, 0.1) is 0 Å². The second-order valence-electron chi connectivity index (χ2n) is 6.47. The van der Waals surface area contributed by atoms with Crippen molar-refractivity contribution in [2.75, 3.05) is 11.1 Å². The van der Waals surface area contributed by atoms with Gasteiger partial charge in [0.25, 0.3) is 5.91 Å². The van der Waals surface area contributed by atoms with Gasteiger partial charge in [-0.15, -0.1) is 11.8 Å². The number of benzene rings is 3. The molecule has 0 aliphatic rings. The van der Waals surface area contributed by atoms with Gasteiger partial charge in [0.05, 0.1) is 5.75 Å². The summed E-state index contributed by atoms with van der Waals surface area (Å²) < 4.78 is 5.27. The smallest absolute Gasteiger partial charge is 0.317 e. The van der Waals surface area contributed by atoms with Crippen LogP contribution in [0.3, 0.4) is 0 Å². The Kier molecular flexibility index (Phi) is 6.71. The Bertz CT molecular complexity index is 969. The van der Waals surface area contributed by atoms with Gasteiger partial charge >= 0.3 is 5.97 Å². The number of esters is 1. The number of hydrogen-bond donors (Lipinski definition) is 1. The van der Waals surface area contributed by atoms with E-state index in [0.717, 1.165) is 22.1 Å². The molecule has 1 amide bonds. The third-order valence-corrected chi connectivity index (χ3v) is 5.35. The summed E-state index contributed by atoms with van der Waals surface area (Å²) >= 11 is 1.40. The van der Waals surface area contributed by atoms with Crippen LogP contribution in [-0.2, 0) is 20.7 Å². The molecule has 3 aromatic carbocycles. The number of fused-ring (bicyclic) bond motifs is 1. The van der Waals surface area contributed by atoms with Crippen molar-refractivity contribution in [3.63, 3.8) is 0 Å². The topological polar surface area (TPSA) is 55.4 Å². The lowest BCUT2D eigenvalue weighted by Crippen LogP contribution is -2.30. The molecule has 0 aliphatic heterocycles. The molecule has 5 heteroatoms. The van der Waals surface area contributed by atoms with E-state index in [1.54, 1.807) is 6.92 Å². The minimum atomic E-state index is -0.851. The molecule has 0 saturated heterocycles. The summed E-state index contributed by atoms with van der Waals surface area (Å²) in [6.07, 6.45) is 0.0902. The molecule has 0 unspecified atom stereocenters. The van der Waals surface area contributed by atoms with Gasteiger partial charge in [-0.1, -0.05) is 49.4 Å². The lowest BCUT2D eigenvalue weighted by Gasteiger charge is -2.13. The zero-order valence-electron chi connectivity index (χ0n) is 16.0. The minimum Gasteiger partial charge on any atom is -0.452 e. The number of nitrogens with one attached hydrogen (secondary N) is 1. The molecular weight excluding hydrogens is 370 g/mol. The maximum atomic E-state index is 12.2. The minimum absolute atomic E-state index is 0.154. The molecule has 0 aliphatic carbocycles. The summed E-state index contributed by atoms with van der Waals surface area (Å²) in [4.78, 5) is 25.3. The first kappa shape index (κ1) is 20.0. The SMILES string of the molecule is CCc1ccc(NC(=O)[C@H](C)OC(=O)CSc2ccc3ccccc3c2)cc1. The van der Waals surface area contributed by atoms with E-state index in [1.165, 1.54) is 17.3 Å². The molecule has 0 saturated carbocycles. The van der Waals surface area contributed by atoms with Gasteiger partial charge in [0.15, 0.2) is 6.10 Å². The van der Waals surface area contributed by atoms with Crippen molar-refractivity contribution in [1.82, 2.24) is 0 Å². The van der Waals surface area contributed by atoms with Crippen LogP contribution in [0.2, 0.25) is 0 Å². The van der Waals surface area contributed by atoms with E-state index < -0.39 is 12.1 Å². The molecule has 0 spiro atoms. The molecule has 0 fully saturated rings. The Balaban J connectivity index is 1.49. The number of ether oxygens (including phenoxy) is 1. The summed E-state index contributed by atoms with van der Waals surface area (Å²) in [5.41, 5.74) is 1.89. The number of rotatable bonds is 7. The fourth-order valence-electron chi connectivity index (χ4n) is 2.75. The molecule has 3 rings (SSSR count). The monoisotopic (exact) mass is 393 g/mol. The van der Waals surface area contributed by atoms with Crippen molar-refractivity contribution in [1.29, 1.82) is 0 Å². The first-order valence-corrected chi connectivity index (χ1v) is 10.2. The predicted molar refractivity (Wildman–Crippen MR) is 115 cm³/mol. The van der Waals surface area contributed by atoms with Crippen LogP contribution in [0.15, 0.2) is 71.6 Å². The van der Waals surface area contributed by atoms with Crippen LogP contribution in [-0.4, -0.2) is 23.7 Å². The molecule has 3 aromatic rings. The first-order valence-electron chi connectivity index (χ1n) is 9.26. The van der Waals surface area contributed by atoms with Crippen LogP contribution >= 0.6 is 11.8 Å².